The van der Waals surface area contributed by atoms with Gasteiger partial charge in [0, 0.05) is 17.5 Å². The average molecular weight is 386 g/mol. The Labute approximate surface area is 169 Å². The number of hydrogen-bond acceptors (Lipinski definition) is 6. The molecule has 29 heavy (non-hydrogen) atoms. The summed E-state index contributed by atoms with van der Waals surface area (Å²) in [6.07, 6.45) is 7.47. The third-order valence-electron chi connectivity index (χ3n) is 6.60. The first-order valence-corrected chi connectivity index (χ1v) is 10.3. The van der Waals surface area contributed by atoms with Crippen molar-refractivity contribution in [2.45, 2.75) is 44.6 Å². The van der Waals surface area contributed by atoms with Gasteiger partial charge in [0.2, 0.25) is 0 Å². The van der Waals surface area contributed by atoms with Gasteiger partial charge in [-0.1, -0.05) is 12.8 Å². The normalized spacial score (nSPS) is 23.3. The molecule has 2 aliphatic carbocycles. The number of nitrogens with zero attached hydrogens (tertiary/aromatic N) is 4. The number of phenols is 1. The number of nitriles is 1. The highest BCUT2D eigenvalue weighted by Crippen LogP contribution is 2.45. The van der Waals surface area contributed by atoms with Gasteiger partial charge in [-0.15, -0.1) is 0 Å². The van der Waals surface area contributed by atoms with Crippen LogP contribution in [-0.4, -0.2) is 28.1 Å². The summed E-state index contributed by atoms with van der Waals surface area (Å²) >= 11 is 0. The number of aryl methyl sites for hydroxylation is 1. The van der Waals surface area contributed by atoms with Gasteiger partial charge in [-0.2, -0.15) is 10.4 Å². The largest absolute Gasteiger partial charge is 0.506 e. The van der Waals surface area contributed by atoms with Crippen LogP contribution in [-0.2, 0) is 6.42 Å². The fourth-order valence-electron chi connectivity index (χ4n) is 5.26. The van der Waals surface area contributed by atoms with E-state index in [1.165, 1.54) is 25.7 Å². The Morgan fingerprint density at radius 2 is 2.00 bits per heavy atom. The van der Waals surface area contributed by atoms with E-state index in [4.69, 9.17) is 10.4 Å². The number of hydrogen-bond donors (Lipinski definition) is 1. The molecule has 1 aromatic heterocycles. The van der Waals surface area contributed by atoms with Gasteiger partial charge in [0.05, 0.1) is 28.7 Å². The predicted octanol–water partition coefficient (Wildman–Crippen LogP) is 3.82. The molecule has 3 aliphatic rings. The molecule has 0 spiro atoms. The summed E-state index contributed by atoms with van der Waals surface area (Å²) in [4.78, 5) is 15.6. The number of rotatable bonds is 3. The Kier molecular flexibility index (Phi) is 4.31. The Hall–Kier alpha value is -3.20. The van der Waals surface area contributed by atoms with Crippen molar-refractivity contribution in [3.8, 4) is 11.8 Å². The molecule has 1 fully saturated rings. The number of phenolic OH excluding ortho intramolecular Hbond substituents is 1. The van der Waals surface area contributed by atoms with Crippen LogP contribution in [0.15, 0.2) is 35.4 Å². The molecule has 1 aromatic carbocycles. The van der Waals surface area contributed by atoms with Crippen LogP contribution < -0.4 is 5.01 Å². The Morgan fingerprint density at radius 3 is 2.72 bits per heavy atom. The number of aromatic nitrogens is 1. The van der Waals surface area contributed by atoms with Crippen LogP contribution in [0.3, 0.4) is 0 Å². The van der Waals surface area contributed by atoms with Crippen molar-refractivity contribution >= 4 is 17.7 Å². The molecule has 6 heteroatoms. The molecule has 146 valence electrons. The van der Waals surface area contributed by atoms with Crippen molar-refractivity contribution in [2.24, 2.45) is 16.9 Å². The van der Waals surface area contributed by atoms with E-state index < -0.39 is 0 Å². The Bertz CT molecular complexity index is 1050. The number of benzene rings is 1. The topological polar surface area (TPSA) is 89.6 Å². The van der Waals surface area contributed by atoms with Gasteiger partial charge in [0.15, 0.2) is 6.29 Å². The van der Waals surface area contributed by atoms with E-state index >= 15 is 0 Å². The van der Waals surface area contributed by atoms with Crippen molar-refractivity contribution < 1.29 is 9.90 Å². The fourth-order valence-corrected chi connectivity index (χ4v) is 5.26. The van der Waals surface area contributed by atoms with E-state index in [2.05, 4.69) is 9.99 Å². The highest BCUT2D eigenvalue weighted by molar-refractivity contribution is 6.06. The maximum absolute atomic E-state index is 11.1. The lowest BCUT2D eigenvalue weighted by molar-refractivity contribution is 0.111. The first kappa shape index (κ1) is 17.9. The van der Waals surface area contributed by atoms with Crippen LogP contribution in [0.2, 0.25) is 0 Å². The number of aldehydes is 1. The van der Waals surface area contributed by atoms with E-state index in [0.29, 0.717) is 17.5 Å². The van der Waals surface area contributed by atoms with E-state index in [-0.39, 0.29) is 17.4 Å². The van der Waals surface area contributed by atoms with Gasteiger partial charge < -0.3 is 5.11 Å². The van der Waals surface area contributed by atoms with Crippen LogP contribution in [0, 0.1) is 23.2 Å². The SMILES string of the molecule is N#Cc1ccc(N2N=C3c4ccc(C=O)nc4CCC3C2C2CCCC2)cc1O. The molecule has 1 N–H and O–H groups in total. The molecule has 2 unspecified atom stereocenters. The smallest absolute Gasteiger partial charge is 0.168 e. The zero-order valence-electron chi connectivity index (χ0n) is 16.1. The number of carbonyl (C=O) groups is 1. The molecule has 2 heterocycles. The maximum atomic E-state index is 11.1. The van der Waals surface area contributed by atoms with Crippen molar-refractivity contribution in [1.82, 2.24) is 4.98 Å². The highest BCUT2D eigenvalue weighted by atomic mass is 16.3. The van der Waals surface area contributed by atoms with E-state index in [9.17, 15) is 9.90 Å². The molecule has 0 saturated heterocycles. The van der Waals surface area contributed by atoms with Crippen molar-refractivity contribution in [3.63, 3.8) is 0 Å². The molecule has 5 rings (SSSR count). The lowest BCUT2D eigenvalue weighted by Gasteiger charge is -2.34. The lowest BCUT2D eigenvalue weighted by atomic mass is 9.76. The number of carbonyl (C=O) groups excluding carboxylic acids is 1. The Morgan fingerprint density at radius 1 is 1.17 bits per heavy atom. The summed E-state index contributed by atoms with van der Waals surface area (Å²) in [5.74, 6) is 0.859. The summed E-state index contributed by atoms with van der Waals surface area (Å²) in [7, 11) is 0. The number of anilines is 1. The minimum absolute atomic E-state index is 0.0112. The molecule has 0 bridgehead atoms. The highest BCUT2D eigenvalue weighted by Gasteiger charge is 2.45. The van der Waals surface area contributed by atoms with Crippen molar-refractivity contribution in [1.29, 1.82) is 5.26 Å². The molecular formula is C23H22N4O2. The molecule has 1 aliphatic heterocycles. The average Bonchev–Trinajstić information content (AvgIpc) is 3.40. The van der Waals surface area contributed by atoms with E-state index in [0.717, 1.165) is 41.8 Å². The minimum atomic E-state index is -0.0112. The first-order valence-electron chi connectivity index (χ1n) is 10.3. The minimum Gasteiger partial charge on any atom is -0.506 e. The third kappa shape index (κ3) is 2.89. The Balaban J connectivity index is 1.60. The number of hydrazone groups is 1. The van der Waals surface area contributed by atoms with Crippen LogP contribution in [0.5, 0.6) is 5.75 Å². The predicted molar refractivity (Wildman–Crippen MR) is 109 cm³/mol. The standard InChI is InChI=1S/C23H22N4O2/c24-12-15-5-7-17(11-21(15)29)27-23(14-3-1-2-4-14)19-9-10-20-18(22(19)26-27)8-6-16(13-28)25-20/h5-8,11,13-14,19,23,29H,1-4,9-10H2. The van der Waals surface area contributed by atoms with Gasteiger partial charge in [0.25, 0.3) is 0 Å². The second kappa shape index (κ2) is 7.00. The number of fused-ring (bicyclic) bond motifs is 3. The number of aromatic hydroxyl groups is 1. The van der Waals surface area contributed by atoms with Crippen molar-refractivity contribution in [2.75, 3.05) is 5.01 Å². The van der Waals surface area contributed by atoms with Gasteiger partial charge in [-0.3, -0.25) is 9.80 Å². The van der Waals surface area contributed by atoms with Crippen LogP contribution >= 0.6 is 0 Å². The molecule has 2 aromatic rings. The molecular weight excluding hydrogens is 364 g/mol. The molecule has 0 radical (unpaired) electrons. The monoisotopic (exact) mass is 386 g/mol. The second-order valence-electron chi connectivity index (χ2n) is 8.17. The molecule has 0 amide bonds. The zero-order chi connectivity index (χ0) is 20.0. The first-order chi connectivity index (χ1) is 14.2. The zero-order valence-corrected chi connectivity index (χ0v) is 16.1. The molecule has 1 saturated carbocycles. The van der Waals surface area contributed by atoms with Crippen LogP contribution in [0.4, 0.5) is 5.69 Å². The van der Waals surface area contributed by atoms with Crippen molar-refractivity contribution in [3.05, 3.63) is 52.8 Å². The maximum Gasteiger partial charge on any atom is 0.168 e. The summed E-state index contributed by atoms with van der Waals surface area (Å²) in [6.45, 7) is 0. The lowest BCUT2D eigenvalue weighted by Crippen LogP contribution is -2.40. The fraction of sp³-hybridized carbons (Fsp3) is 0.391. The van der Waals surface area contributed by atoms with E-state index in [1.54, 1.807) is 18.2 Å². The van der Waals surface area contributed by atoms with Gasteiger partial charge >= 0.3 is 0 Å². The van der Waals surface area contributed by atoms with Crippen LogP contribution in [0.1, 0.15) is 59.4 Å². The summed E-state index contributed by atoms with van der Waals surface area (Å²) < 4.78 is 0. The number of pyridine rings is 1. The van der Waals surface area contributed by atoms with E-state index in [1.807, 2.05) is 18.2 Å². The van der Waals surface area contributed by atoms with Crippen LogP contribution in [0.25, 0.3) is 0 Å². The second-order valence-corrected chi connectivity index (χ2v) is 8.17. The quantitative estimate of drug-likeness (QED) is 0.810. The van der Waals surface area contributed by atoms with Gasteiger partial charge in [-0.05, 0) is 55.9 Å². The molecule has 2 atom stereocenters. The summed E-state index contributed by atoms with van der Waals surface area (Å²) in [5.41, 5.74) is 4.57. The third-order valence-corrected chi connectivity index (χ3v) is 6.60. The molecule has 6 nitrogen and oxygen atoms in total. The summed E-state index contributed by atoms with van der Waals surface area (Å²) in [6, 6.07) is 11.2. The van der Waals surface area contributed by atoms with Gasteiger partial charge in [0.1, 0.15) is 17.5 Å². The summed E-state index contributed by atoms with van der Waals surface area (Å²) in [5, 5.41) is 26.5. The van der Waals surface area contributed by atoms with Gasteiger partial charge in [-0.25, -0.2) is 4.98 Å².